The van der Waals surface area contributed by atoms with Crippen molar-refractivity contribution in [2.24, 2.45) is 5.73 Å². The normalized spacial score (nSPS) is 11.9. The van der Waals surface area contributed by atoms with E-state index < -0.39 is 0 Å². The van der Waals surface area contributed by atoms with Crippen molar-refractivity contribution < 1.29 is 0 Å². The summed E-state index contributed by atoms with van der Waals surface area (Å²) in [6, 6.07) is -0.0745. The number of nitrogens with zero attached hydrogens (tertiary/aromatic N) is 2. The zero-order chi connectivity index (χ0) is 9.68. The van der Waals surface area contributed by atoms with Gasteiger partial charge in [0.05, 0.1) is 17.8 Å². The second-order valence-corrected chi connectivity index (χ2v) is 3.05. The molecule has 1 aromatic rings. The first-order valence-corrected chi connectivity index (χ1v) is 4.52. The Balaban J connectivity index is 2.65. The molecule has 0 aliphatic carbocycles. The van der Waals surface area contributed by atoms with Gasteiger partial charge in [-0.05, 0) is 13.3 Å². The largest absolute Gasteiger partial charge is 0.318 e. The van der Waals surface area contributed by atoms with Gasteiger partial charge in [0.15, 0.2) is 0 Å². The predicted molar refractivity (Wildman–Crippen MR) is 53.0 cm³/mol. The van der Waals surface area contributed by atoms with Crippen molar-refractivity contribution in [1.82, 2.24) is 9.78 Å². The molecule has 13 heavy (non-hydrogen) atoms. The van der Waals surface area contributed by atoms with Crippen LogP contribution in [0, 0.1) is 11.8 Å². The maximum atomic E-state index is 5.50. The maximum absolute atomic E-state index is 5.50. The van der Waals surface area contributed by atoms with Crippen molar-refractivity contribution in [3.63, 3.8) is 0 Å². The highest BCUT2D eigenvalue weighted by Gasteiger charge is 1.93. The summed E-state index contributed by atoms with van der Waals surface area (Å²) in [5.74, 6) is 5.86. The van der Waals surface area contributed by atoms with E-state index in [4.69, 9.17) is 5.73 Å². The lowest BCUT2D eigenvalue weighted by atomic mass is 10.3. The molecule has 0 amide bonds. The summed E-state index contributed by atoms with van der Waals surface area (Å²) in [5.41, 5.74) is 6.44. The fraction of sp³-hybridized carbons (Fsp3) is 0.500. The molecule has 0 saturated carbocycles. The van der Waals surface area contributed by atoms with Crippen LogP contribution in [-0.2, 0) is 6.54 Å². The van der Waals surface area contributed by atoms with Crippen molar-refractivity contribution in [1.29, 1.82) is 0 Å². The van der Waals surface area contributed by atoms with Crippen molar-refractivity contribution in [2.75, 3.05) is 0 Å². The third kappa shape index (κ3) is 3.30. The van der Waals surface area contributed by atoms with Crippen LogP contribution in [-0.4, -0.2) is 15.8 Å². The molecule has 1 heterocycles. The summed E-state index contributed by atoms with van der Waals surface area (Å²) < 4.78 is 1.89. The van der Waals surface area contributed by atoms with Gasteiger partial charge >= 0.3 is 0 Å². The van der Waals surface area contributed by atoms with Crippen LogP contribution in [0.4, 0.5) is 0 Å². The smallest absolute Gasteiger partial charge is 0.0646 e. The number of hydrogen-bond donors (Lipinski definition) is 1. The monoisotopic (exact) mass is 177 g/mol. The summed E-state index contributed by atoms with van der Waals surface area (Å²) in [7, 11) is 0. The lowest BCUT2D eigenvalue weighted by Crippen LogP contribution is -2.10. The minimum absolute atomic E-state index is 0.0745. The molecule has 1 atom stereocenters. The van der Waals surface area contributed by atoms with Gasteiger partial charge in [-0.25, -0.2) is 0 Å². The standard InChI is InChI=1S/C10H15N3/c1-3-6-13-8-10(7-12-13)5-4-9(2)11/h7-9H,3,6,11H2,1-2H3. The van der Waals surface area contributed by atoms with Gasteiger partial charge in [-0.1, -0.05) is 18.8 Å². The minimum Gasteiger partial charge on any atom is -0.318 e. The van der Waals surface area contributed by atoms with E-state index in [0.29, 0.717) is 0 Å². The summed E-state index contributed by atoms with van der Waals surface area (Å²) in [5, 5.41) is 4.16. The maximum Gasteiger partial charge on any atom is 0.0646 e. The van der Waals surface area contributed by atoms with Crippen LogP contribution in [0.1, 0.15) is 25.8 Å². The Morgan fingerprint density at radius 2 is 2.46 bits per heavy atom. The fourth-order valence-electron chi connectivity index (χ4n) is 0.977. The number of nitrogens with two attached hydrogens (primary N) is 1. The van der Waals surface area contributed by atoms with E-state index in [1.54, 1.807) is 6.20 Å². The summed E-state index contributed by atoms with van der Waals surface area (Å²) in [4.78, 5) is 0. The Bertz CT molecular complexity index is 314. The molecular formula is C10H15N3. The van der Waals surface area contributed by atoms with Gasteiger partial charge in [0.25, 0.3) is 0 Å². The van der Waals surface area contributed by atoms with E-state index in [0.717, 1.165) is 18.5 Å². The number of aromatic nitrogens is 2. The summed E-state index contributed by atoms with van der Waals surface area (Å²) >= 11 is 0. The van der Waals surface area contributed by atoms with Crippen LogP contribution in [0.25, 0.3) is 0 Å². The van der Waals surface area contributed by atoms with E-state index in [2.05, 4.69) is 23.9 Å². The molecule has 0 saturated heterocycles. The molecule has 1 rings (SSSR count). The van der Waals surface area contributed by atoms with Crippen LogP contribution in [0.15, 0.2) is 12.4 Å². The summed E-state index contributed by atoms with van der Waals surface area (Å²) in [6.07, 6.45) is 4.80. The first kappa shape index (κ1) is 9.82. The second kappa shape index (κ2) is 4.68. The van der Waals surface area contributed by atoms with E-state index in [9.17, 15) is 0 Å². The van der Waals surface area contributed by atoms with Gasteiger partial charge in [0.1, 0.15) is 0 Å². The molecule has 1 aromatic heterocycles. The first-order valence-electron chi connectivity index (χ1n) is 4.52. The average Bonchev–Trinajstić information content (AvgIpc) is 2.50. The van der Waals surface area contributed by atoms with Crippen molar-refractivity contribution in [3.8, 4) is 11.8 Å². The fourth-order valence-corrected chi connectivity index (χ4v) is 0.977. The van der Waals surface area contributed by atoms with Gasteiger partial charge in [-0.15, -0.1) is 0 Å². The molecule has 0 spiro atoms. The highest BCUT2D eigenvalue weighted by atomic mass is 15.3. The van der Waals surface area contributed by atoms with E-state index in [1.165, 1.54) is 0 Å². The zero-order valence-corrected chi connectivity index (χ0v) is 8.12. The molecule has 0 radical (unpaired) electrons. The molecule has 3 heteroatoms. The van der Waals surface area contributed by atoms with Crippen LogP contribution < -0.4 is 5.73 Å². The quantitative estimate of drug-likeness (QED) is 0.685. The lowest BCUT2D eigenvalue weighted by Gasteiger charge is -1.93. The zero-order valence-electron chi connectivity index (χ0n) is 8.12. The number of aryl methyl sites for hydroxylation is 1. The van der Waals surface area contributed by atoms with Crippen LogP contribution in [0.5, 0.6) is 0 Å². The van der Waals surface area contributed by atoms with Gasteiger partial charge < -0.3 is 5.73 Å². The van der Waals surface area contributed by atoms with Crippen molar-refractivity contribution >= 4 is 0 Å². The molecule has 3 nitrogen and oxygen atoms in total. The molecule has 0 bridgehead atoms. The molecule has 0 aliphatic heterocycles. The van der Waals surface area contributed by atoms with E-state index >= 15 is 0 Å². The molecular weight excluding hydrogens is 162 g/mol. The minimum atomic E-state index is -0.0745. The molecule has 70 valence electrons. The Morgan fingerprint density at radius 1 is 1.69 bits per heavy atom. The molecule has 0 aromatic carbocycles. The Morgan fingerprint density at radius 3 is 3.08 bits per heavy atom. The van der Waals surface area contributed by atoms with Crippen LogP contribution in [0.2, 0.25) is 0 Å². The van der Waals surface area contributed by atoms with Crippen molar-refractivity contribution in [3.05, 3.63) is 18.0 Å². The number of rotatable bonds is 2. The van der Waals surface area contributed by atoms with Crippen LogP contribution >= 0.6 is 0 Å². The van der Waals surface area contributed by atoms with Gasteiger partial charge in [0.2, 0.25) is 0 Å². The second-order valence-electron chi connectivity index (χ2n) is 3.05. The number of hydrogen-bond acceptors (Lipinski definition) is 2. The van der Waals surface area contributed by atoms with E-state index in [-0.39, 0.29) is 6.04 Å². The predicted octanol–water partition coefficient (Wildman–Crippen LogP) is 0.992. The summed E-state index contributed by atoms with van der Waals surface area (Å²) in [6.45, 7) is 4.93. The molecule has 1 unspecified atom stereocenters. The third-order valence-corrected chi connectivity index (χ3v) is 1.53. The Labute approximate surface area is 78.9 Å². The highest BCUT2D eigenvalue weighted by molar-refractivity contribution is 5.30. The molecule has 2 N–H and O–H groups in total. The Kier molecular flexibility index (Phi) is 3.53. The molecule has 0 aliphatic rings. The first-order chi connectivity index (χ1) is 6.22. The average molecular weight is 177 g/mol. The van der Waals surface area contributed by atoms with Gasteiger partial charge in [0, 0.05) is 12.7 Å². The third-order valence-electron chi connectivity index (χ3n) is 1.53. The lowest BCUT2D eigenvalue weighted by molar-refractivity contribution is 0.602. The topological polar surface area (TPSA) is 43.8 Å². The van der Waals surface area contributed by atoms with E-state index in [1.807, 2.05) is 17.8 Å². The van der Waals surface area contributed by atoms with Crippen molar-refractivity contribution in [2.45, 2.75) is 32.9 Å². The van der Waals surface area contributed by atoms with Gasteiger partial charge in [-0.2, -0.15) is 5.10 Å². The van der Waals surface area contributed by atoms with Gasteiger partial charge in [-0.3, -0.25) is 4.68 Å². The van der Waals surface area contributed by atoms with Crippen LogP contribution in [0.3, 0.4) is 0 Å². The SMILES string of the molecule is CCCn1cc(C#CC(C)N)cn1. The highest BCUT2D eigenvalue weighted by Crippen LogP contribution is 1.96. The molecule has 0 fully saturated rings. The Hall–Kier alpha value is -1.27.